The predicted molar refractivity (Wildman–Crippen MR) is 94.7 cm³/mol. The minimum Gasteiger partial charge on any atom is -0.439 e. The minimum absolute atomic E-state index is 0.206. The molecule has 1 amide bonds. The van der Waals surface area contributed by atoms with Crippen molar-refractivity contribution in [3.63, 3.8) is 0 Å². The Morgan fingerprint density at radius 1 is 1.16 bits per heavy atom. The standard InChI is InChI=1S/C20H20N2O3/c1-14-8-10-15(11-9-14)17-12-21-18(25-17)13-22-20(23)19(24-2)16-6-4-3-5-7-16/h3-12,19H,13H2,1-2H3,(H,22,23)/t19-/m1/s1. The SMILES string of the molecule is CO[C@@H](C(=O)NCc1ncc(-c2ccc(C)cc2)o1)c1ccccc1. The normalized spacial score (nSPS) is 11.9. The quantitative estimate of drug-likeness (QED) is 0.746. The van der Waals surface area contributed by atoms with Crippen molar-refractivity contribution in [3.05, 3.63) is 77.8 Å². The van der Waals surface area contributed by atoms with Gasteiger partial charge in [-0.2, -0.15) is 0 Å². The van der Waals surface area contributed by atoms with Gasteiger partial charge in [-0.3, -0.25) is 4.79 Å². The topological polar surface area (TPSA) is 64.4 Å². The Morgan fingerprint density at radius 2 is 1.88 bits per heavy atom. The summed E-state index contributed by atoms with van der Waals surface area (Å²) in [5, 5.41) is 2.80. The lowest BCUT2D eigenvalue weighted by Crippen LogP contribution is -2.30. The molecule has 1 atom stereocenters. The van der Waals surface area contributed by atoms with Gasteiger partial charge in [0.2, 0.25) is 5.89 Å². The Labute approximate surface area is 146 Å². The first-order valence-electron chi connectivity index (χ1n) is 8.04. The summed E-state index contributed by atoms with van der Waals surface area (Å²) in [5.74, 6) is 0.895. The molecular weight excluding hydrogens is 316 g/mol. The summed E-state index contributed by atoms with van der Waals surface area (Å²) in [6.45, 7) is 2.24. The summed E-state index contributed by atoms with van der Waals surface area (Å²) in [5.41, 5.74) is 2.94. The Morgan fingerprint density at radius 3 is 2.56 bits per heavy atom. The van der Waals surface area contributed by atoms with Gasteiger partial charge in [0.15, 0.2) is 11.9 Å². The van der Waals surface area contributed by atoms with E-state index in [0.717, 1.165) is 11.1 Å². The fraction of sp³-hybridized carbons (Fsp3) is 0.200. The van der Waals surface area contributed by atoms with Gasteiger partial charge < -0.3 is 14.5 Å². The molecule has 25 heavy (non-hydrogen) atoms. The van der Waals surface area contributed by atoms with Crippen LogP contribution in [0.5, 0.6) is 0 Å². The van der Waals surface area contributed by atoms with Crippen LogP contribution in [0, 0.1) is 6.92 Å². The molecule has 3 aromatic rings. The van der Waals surface area contributed by atoms with Crippen LogP contribution in [0.3, 0.4) is 0 Å². The third kappa shape index (κ3) is 4.14. The van der Waals surface area contributed by atoms with Crippen molar-refractivity contribution in [2.75, 3.05) is 7.11 Å². The lowest BCUT2D eigenvalue weighted by Gasteiger charge is -2.14. The Kier molecular flexibility index (Phi) is 5.26. The smallest absolute Gasteiger partial charge is 0.254 e. The molecule has 5 nitrogen and oxygen atoms in total. The summed E-state index contributed by atoms with van der Waals surface area (Å²) in [7, 11) is 1.51. The van der Waals surface area contributed by atoms with Crippen LogP contribution >= 0.6 is 0 Å². The number of amides is 1. The molecule has 0 fully saturated rings. The van der Waals surface area contributed by atoms with Gasteiger partial charge in [0.1, 0.15) is 0 Å². The molecule has 3 rings (SSSR count). The van der Waals surface area contributed by atoms with Gasteiger partial charge in [-0.05, 0) is 12.5 Å². The molecule has 0 aliphatic rings. The van der Waals surface area contributed by atoms with Crippen molar-refractivity contribution in [1.82, 2.24) is 10.3 Å². The van der Waals surface area contributed by atoms with E-state index >= 15 is 0 Å². The largest absolute Gasteiger partial charge is 0.439 e. The highest BCUT2D eigenvalue weighted by atomic mass is 16.5. The van der Waals surface area contributed by atoms with Gasteiger partial charge in [-0.1, -0.05) is 60.2 Å². The Balaban J connectivity index is 1.63. The number of carbonyl (C=O) groups excluding carboxylic acids is 1. The van der Waals surface area contributed by atoms with Crippen LogP contribution in [0.1, 0.15) is 23.1 Å². The molecule has 5 heteroatoms. The van der Waals surface area contributed by atoms with E-state index in [1.165, 1.54) is 12.7 Å². The maximum absolute atomic E-state index is 12.4. The zero-order chi connectivity index (χ0) is 17.6. The van der Waals surface area contributed by atoms with Crippen molar-refractivity contribution in [3.8, 4) is 11.3 Å². The molecule has 0 aliphatic carbocycles. The zero-order valence-corrected chi connectivity index (χ0v) is 14.2. The molecule has 0 saturated carbocycles. The second-order valence-electron chi connectivity index (χ2n) is 5.73. The molecule has 0 aliphatic heterocycles. The maximum atomic E-state index is 12.4. The molecule has 0 radical (unpaired) electrons. The van der Waals surface area contributed by atoms with Crippen LogP contribution < -0.4 is 5.32 Å². The van der Waals surface area contributed by atoms with Gasteiger partial charge in [0, 0.05) is 12.7 Å². The molecule has 0 saturated heterocycles. The van der Waals surface area contributed by atoms with E-state index in [-0.39, 0.29) is 12.5 Å². The first-order valence-corrected chi connectivity index (χ1v) is 8.04. The van der Waals surface area contributed by atoms with Crippen molar-refractivity contribution >= 4 is 5.91 Å². The molecule has 0 spiro atoms. The van der Waals surface area contributed by atoms with Crippen LogP contribution in [0.15, 0.2) is 65.2 Å². The van der Waals surface area contributed by atoms with Gasteiger partial charge in [-0.25, -0.2) is 4.98 Å². The monoisotopic (exact) mass is 336 g/mol. The molecule has 0 bridgehead atoms. The zero-order valence-electron chi connectivity index (χ0n) is 14.2. The van der Waals surface area contributed by atoms with Crippen LogP contribution in [0.2, 0.25) is 0 Å². The van der Waals surface area contributed by atoms with Crippen LogP contribution in [-0.2, 0) is 16.1 Å². The van der Waals surface area contributed by atoms with Crippen molar-refractivity contribution in [2.45, 2.75) is 19.6 Å². The molecule has 0 unspecified atom stereocenters. The summed E-state index contributed by atoms with van der Waals surface area (Å²) < 4.78 is 11.0. The number of aromatic nitrogens is 1. The van der Waals surface area contributed by atoms with Crippen molar-refractivity contribution < 1.29 is 13.9 Å². The number of methoxy groups -OCH3 is 1. The van der Waals surface area contributed by atoms with Crippen LogP contribution in [-0.4, -0.2) is 18.0 Å². The second kappa shape index (κ2) is 7.77. The van der Waals surface area contributed by atoms with Gasteiger partial charge in [0.05, 0.1) is 12.7 Å². The maximum Gasteiger partial charge on any atom is 0.254 e. The number of hydrogen-bond acceptors (Lipinski definition) is 4. The van der Waals surface area contributed by atoms with Crippen molar-refractivity contribution in [1.29, 1.82) is 0 Å². The number of ether oxygens (including phenoxy) is 1. The minimum atomic E-state index is -0.660. The van der Waals surface area contributed by atoms with E-state index in [1.54, 1.807) is 6.20 Å². The number of nitrogens with zero attached hydrogens (tertiary/aromatic N) is 1. The van der Waals surface area contributed by atoms with Gasteiger partial charge >= 0.3 is 0 Å². The van der Waals surface area contributed by atoms with E-state index in [1.807, 2.05) is 61.5 Å². The molecule has 2 aromatic carbocycles. The number of benzene rings is 2. The fourth-order valence-electron chi connectivity index (χ4n) is 2.52. The molecule has 1 heterocycles. The summed E-state index contributed by atoms with van der Waals surface area (Å²) >= 11 is 0. The Bertz CT molecular complexity index is 826. The average molecular weight is 336 g/mol. The first kappa shape index (κ1) is 16.9. The number of hydrogen-bond donors (Lipinski definition) is 1. The van der Waals surface area contributed by atoms with Gasteiger partial charge in [0.25, 0.3) is 5.91 Å². The lowest BCUT2D eigenvalue weighted by molar-refractivity contribution is -0.131. The predicted octanol–water partition coefficient (Wildman–Crippen LogP) is 3.65. The van der Waals surface area contributed by atoms with Crippen LogP contribution in [0.25, 0.3) is 11.3 Å². The third-order valence-corrected chi connectivity index (χ3v) is 3.88. The summed E-state index contributed by atoms with van der Waals surface area (Å²) in [4.78, 5) is 16.6. The first-order chi connectivity index (χ1) is 12.2. The molecule has 1 N–H and O–H groups in total. The number of oxazole rings is 1. The van der Waals surface area contributed by atoms with Crippen molar-refractivity contribution in [2.24, 2.45) is 0 Å². The van der Waals surface area contributed by atoms with Gasteiger partial charge in [-0.15, -0.1) is 0 Å². The number of rotatable bonds is 6. The highest BCUT2D eigenvalue weighted by molar-refractivity contribution is 5.82. The van der Waals surface area contributed by atoms with E-state index < -0.39 is 6.10 Å². The van der Waals surface area contributed by atoms with E-state index in [0.29, 0.717) is 11.7 Å². The molecule has 128 valence electrons. The number of nitrogens with one attached hydrogen (secondary N) is 1. The summed E-state index contributed by atoms with van der Waals surface area (Å²) in [6.07, 6.45) is 1.00. The van der Waals surface area contributed by atoms with E-state index in [9.17, 15) is 4.79 Å². The number of carbonyl (C=O) groups is 1. The van der Waals surface area contributed by atoms with E-state index in [4.69, 9.17) is 9.15 Å². The lowest BCUT2D eigenvalue weighted by atomic mass is 10.1. The third-order valence-electron chi connectivity index (χ3n) is 3.88. The fourth-order valence-corrected chi connectivity index (χ4v) is 2.52. The second-order valence-corrected chi connectivity index (χ2v) is 5.73. The summed E-state index contributed by atoms with van der Waals surface area (Å²) in [6, 6.07) is 17.3. The van der Waals surface area contributed by atoms with E-state index in [2.05, 4.69) is 10.3 Å². The van der Waals surface area contributed by atoms with Crippen LogP contribution in [0.4, 0.5) is 0 Å². The average Bonchev–Trinajstić information content (AvgIpc) is 3.11. The molecular formula is C20H20N2O3. The number of aryl methyl sites for hydroxylation is 1. The molecule has 1 aromatic heterocycles. The Hall–Kier alpha value is -2.92. The highest BCUT2D eigenvalue weighted by Gasteiger charge is 2.20. The highest BCUT2D eigenvalue weighted by Crippen LogP contribution is 2.21.